The zero-order valence-electron chi connectivity index (χ0n) is 19.7. The molecule has 0 aliphatic heterocycles. The summed E-state index contributed by atoms with van der Waals surface area (Å²) < 4.78 is 48.7. The highest BCUT2D eigenvalue weighted by molar-refractivity contribution is 5.98. The van der Waals surface area contributed by atoms with Gasteiger partial charge in [0.1, 0.15) is 17.4 Å². The van der Waals surface area contributed by atoms with Crippen molar-refractivity contribution in [3.8, 4) is 17.1 Å². The number of alkyl halides is 3. The van der Waals surface area contributed by atoms with Crippen molar-refractivity contribution < 1.29 is 22.3 Å². The lowest BCUT2D eigenvalue weighted by Gasteiger charge is -2.17. The highest BCUT2D eigenvalue weighted by Crippen LogP contribution is 2.34. The van der Waals surface area contributed by atoms with Crippen molar-refractivity contribution in [1.82, 2.24) is 15.3 Å². The van der Waals surface area contributed by atoms with E-state index in [4.69, 9.17) is 4.42 Å². The minimum atomic E-state index is -4.86. The molecule has 0 aliphatic rings. The maximum atomic E-state index is 13.0. The largest absolute Gasteiger partial charge is 0.573 e. The monoisotopic (exact) mass is 495 g/mol. The summed E-state index contributed by atoms with van der Waals surface area (Å²) in [6.45, 7) is 8.47. The molecule has 0 bridgehead atoms. The third-order valence-corrected chi connectivity index (χ3v) is 5.07. The van der Waals surface area contributed by atoms with Gasteiger partial charge >= 0.3 is 6.36 Å². The van der Waals surface area contributed by atoms with Crippen LogP contribution in [0.15, 0.2) is 82.7 Å². The van der Waals surface area contributed by atoms with Crippen molar-refractivity contribution in [2.45, 2.75) is 26.6 Å². The number of fused-ring (bicyclic) bond motifs is 1. The van der Waals surface area contributed by atoms with E-state index in [1.807, 2.05) is 32.0 Å². The lowest BCUT2D eigenvalue weighted by molar-refractivity contribution is -0.274. The summed E-state index contributed by atoms with van der Waals surface area (Å²) in [6.07, 6.45) is -2.48. The molecule has 10 heteroatoms. The maximum Gasteiger partial charge on any atom is 0.573 e. The Morgan fingerprint density at radius 3 is 2.61 bits per heavy atom. The Kier molecular flexibility index (Phi) is 7.23. The standard InChI is InChI=1S/C26H24F3N5O2/c1-4-14-30-25(21-13-8-15-35-21)32-17(3)31-24-19-11-7-9-16(2)22(19)33-23(34-24)18-10-5-6-12-20(18)36-26(27,28)29/h5-13,15H,3-4,14H2,1-2H3,(H,30,32)(H,31,33,34). The van der Waals surface area contributed by atoms with Gasteiger partial charge < -0.3 is 19.8 Å². The van der Waals surface area contributed by atoms with Crippen molar-refractivity contribution in [3.05, 3.63) is 84.6 Å². The van der Waals surface area contributed by atoms with Gasteiger partial charge in [-0.2, -0.15) is 0 Å². The molecule has 36 heavy (non-hydrogen) atoms. The molecule has 2 aromatic carbocycles. The summed E-state index contributed by atoms with van der Waals surface area (Å²) in [6, 6.07) is 14.8. The minimum absolute atomic E-state index is 0.0675. The molecule has 4 aromatic rings. The predicted molar refractivity (Wildman–Crippen MR) is 133 cm³/mol. The number of hydrogen-bond acceptors (Lipinski definition) is 6. The second-order valence-electron chi connectivity index (χ2n) is 7.85. The lowest BCUT2D eigenvalue weighted by Crippen LogP contribution is -2.27. The Morgan fingerprint density at radius 1 is 1.08 bits per heavy atom. The zero-order chi connectivity index (χ0) is 25.7. The van der Waals surface area contributed by atoms with Crippen molar-refractivity contribution in [1.29, 1.82) is 0 Å². The van der Waals surface area contributed by atoms with Crippen LogP contribution in [0, 0.1) is 6.92 Å². The molecule has 0 radical (unpaired) electrons. The van der Waals surface area contributed by atoms with E-state index in [9.17, 15) is 13.2 Å². The molecule has 0 unspecified atom stereocenters. The van der Waals surface area contributed by atoms with Crippen LogP contribution >= 0.6 is 0 Å². The normalized spacial score (nSPS) is 12.0. The van der Waals surface area contributed by atoms with Gasteiger partial charge in [-0.3, -0.25) is 4.99 Å². The van der Waals surface area contributed by atoms with E-state index >= 15 is 0 Å². The van der Waals surface area contributed by atoms with E-state index in [0.717, 1.165) is 12.0 Å². The molecule has 0 fully saturated rings. The van der Waals surface area contributed by atoms with Gasteiger partial charge in [0.15, 0.2) is 17.4 Å². The van der Waals surface area contributed by atoms with Gasteiger partial charge in [0, 0.05) is 11.9 Å². The van der Waals surface area contributed by atoms with E-state index in [-0.39, 0.29) is 11.4 Å². The van der Waals surface area contributed by atoms with Crippen LogP contribution in [-0.4, -0.2) is 28.7 Å². The van der Waals surface area contributed by atoms with E-state index in [2.05, 4.69) is 36.9 Å². The molecule has 0 saturated heterocycles. The smallest absolute Gasteiger partial charge is 0.461 e. The zero-order valence-corrected chi connectivity index (χ0v) is 19.7. The number of nitrogens with zero attached hydrogens (tertiary/aromatic N) is 3. The average molecular weight is 496 g/mol. The number of halogens is 3. The van der Waals surface area contributed by atoms with Gasteiger partial charge in [0.25, 0.3) is 0 Å². The fraction of sp³-hybridized carbons (Fsp3) is 0.192. The molecule has 0 atom stereocenters. The fourth-order valence-electron chi connectivity index (χ4n) is 3.51. The number of aromatic nitrogens is 2. The van der Waals surface area contributed by atoms with Gasteiger partial charge in [-0.1, -0.05) is 37.8 Å². The van der Waals surface area contributed by atoms with Gasteiger partial charge in [-0.05, 0) is 49.2 Å². The van der Waals surface area contributed by atoms with Gasteiger partial charge in [0.05, 0.1) is 17.3 Å². The van der Waals surface area contributed by atoms with Gasteiger partial charge in [-0.25, -0.2) is 9.97 Å². The number of amidine groups is 1. The van der Waals surface area contributed by atoms with Gasteiger partial charge in [0.2, 0.25) is 0 Å². The lowest BCUT2D eigenvalue weighted by atomic mass is 10.1. The number of ether oxygens (including phenoxy) is 1. The summed E-state index contributed by atoms with van der Waals surface area (Å²) in [5.74, 6) is 1.39. The van der Waals surface area contributed by atoms with E-state index in [1.165, 1.54) is 18.2 Å². The van der Waals surface area contributed by atoms with Crippen LogP contribution in [-0.2, 0) is 0 Å². The average Bonchev–Trinajstić information content (AvgIpc) is 3.36. The highest BCUT2D eigenvalue weighted by Gasteiger charge is 2.32. The van der Waals surface area contributed by atoms with Crippen LogP contribution in [0.5, 0.6) is 5.75 Å². The van der Waals surface area contributed by atoms with E-state index in [1.54, 1.807) is 24.5 Å². The van der Waals surface area contributed by atoms with Crippen LogP contribution in [0.25, 0.3) is 22.3 Å². The van der Waals surface area contributed by atoms with Crippen LogP contribution in [0.1, 0.15) is 24.7 Å². The second kappa shape index (κ2) is 10.5. The summed E-state index contributed by atoms with van der Waals surface area (Å²) >= 11 is 0. The first-order valence-corrected chi connectivity index (χ1v) is 11.2. The van der Waals surface area contributed by atoms with Crippen molar-refractivity contribution in [2.75, 3.05) is 11.9 Å². The minimum Gasteiger partial charge on any atom is -0.461 e. The molecular weight excluding hydrogens is 471 g/mol. The maximum absolute atomic E-state index is 13.0. The van der Waals surface area contributed by atoms with Crippen LogP contribution in [0.4, 0.5) is 19.0 Å². The Bertz CT molecular complexity index is 1400. The number of rotatable bonds is 8. The topological polar surface area (TPSA) is 84.6 Å². The molecule has 2 aromatic heterocycles. The Labute approximate surface area is 205 Å². The molecule has 0 spiro atoms. The summed E-state index contributed by atoms with van der Waals surface area (Å²) in [5.41, 5.74) is 1.50. The first kappa shape index (κ1) is 24.8. The number of aryl methyl sites for hydroxylation is 1. The summed E-state index contributed by atoms with van der Waals surface area (Å²) in [5, 5.41) is 6.88. The van der Waals surface area contributed by atoms with E-state index in [0.29, 0.717) is 40.7 Å². The SMILES string of the molecule is C=C(NC(=NCCC)c1ccco1)Nc1nc(-c2ccccc2OC(F)(F)F)nc2c(C)cccc12. The molecule has 0 saturated carbocycles. The van der Waals surface area contributed by atoms with Crippen molar-refractivity contribution >= 4 is 22.6 Å². The predicted octanol–water partition coefficient (Wildman–Crippen LogP) is 6.43. The number of anilines is 1. The molecule has 186 valence electrons. The van der Waals surface area contributed by atoms with Crippen LogP contribution in [0.2, 0.25) is 0 Å². The molecule has 4 rings (SSSR count). The third kappa shape index (κ3) is 5.83. The Balaban J connectivity index is 1.73. The molecule has 2 N–H and O–H groups in total. The van der Waals surface area contributed by atoms with Crippen molar-refractivity contribution in [2.24, 2.45) is 4.99 Å². The number of para-hydroxylation sites is 2. The second-order valence-corrected chi connectivity index (χ2v) is 7.85. The number of aliphatic imine (C=N–C) groups is 1. The molecule has 0 aliphatic carbocycles. The van der Waals surface area contributed by atoms with Crippen molar-refractivity contribution in [3.63, 3.8) is 0 Å². The summed E-state index contributed by atoms with van der Waals surface area (Å²) in [7, 11) is 0. The molecule has 2 heterocycles. The number of hydrogen-bond donors (Lipinski definition) is 2. The number of furan rings is 1. The first-order chi connectivity index (χ1) is 17.2. The Morgan fingerprint density at radius 2 is 1.89 bits per heavy atom. The molecule has 7 nitrogen and oxygen atoms in total. The molecular formula is C26H24F3N5O2. The first-order valence-electron chi connectivity index (χ1n) is 11.2. The highest BCUT2D eigenvalue weighted by atomic mass is 19.4. The molecule has 0 amide bonds. The fourth-order valence-corrected chi connectivity index (χ4v) is 3.51. The van der Waals surface area contributed by atoms with E-state index < -0.39 is 12.1 Å². The number of benzene rings is 2. The van der Waals surface area contributed by atoms with Gasteiger partial charge in [-0.15, -0.1) is 13.2 Å². The Hall–Kier alpha value is -4.34. The quantitative estimate of drug-likeness (QED) is 0.217. The van der Waals surface area contributed by atoms with Crippen LogP contribution < -0.4 is 15.4 Å². The third-order valence-electron chi connectivity index (χ3n) is 5.07. The number of nitrogens with one attached hydrogen (secondary N) is 2. The summed E-state index contributed by atoms with van der Waals surface area (Å²) in [4.78, 5) is 13.6. The van der Waals surface area contributed by atoms with Crippen LogP contribution in [0.3, 0.4) is 0 Å².